The van der Waals surface area contributed by atoms with Crippen molar-refractivity contribution in [1.29, 1.82) is 0 Å². The number of aromatic nitrogens is 3. The second-order valence-electron chi connectivity index (χ2n) is 7.23. The number of thioether (sulfide) groups is 1. The maximum absolute atomic E-state index is 14.3. The van der Waals surface area contributed by atoms with Gasteiger partial charge in [-0.3, -0.25) is 9.78 Å². The Morgan fingerprint density at radius 2 is 2.06 bits per heavy atom. The highest BCUT2D eigenvalue weighted by Crippen LogP contribution is 2.34. The number of halogens is 2. The highest BCUT2D eigenvalue weighted by Gasteiger charge is 2.26. The molecule has 1 unspecified atom stereocenters. The summed E-state index contributed by atoms with van der Waals surface area (Å²) < 4.78 is 21.5. The van der Waals surface area contributed by atoms with Gasteiger partial charge in [0.2, 0.25) is 5.91 Å². The van der Waals surface area contributed by atoms with E-state index in [1.54, 1.807) is 49.8 Å². The Hall–Kier alpha value is -3.10. The third kappa shape index (κ3) is 4.82. The number of pyridine rings is 1. The molecule has 33 heavy (non-hydrogen) atoms. The molecule has 4 aromatic rings. The van der Waals surface area contributed by atoms with Crippen LogP contribution in [0.3, 0.4) is 0 Å². The molecule has 0 saturated heterocycles. The van der Waals surface area contributed by atoms with Crippen molar-refractivity contribution in [1.82, 2.24) is 14.5 Å². The first-order valence-corrected chi connectivity index (χ1v) is 11.7. The molecule has 6 nitrogen and oxygen atoms in total. The van der Waals surface area contributed by atoms with Gasteiger partial charge in [0.05, 0.1) is 30.0 Å². The number of para-hydroxylation sites is 2. The first-order valence-electron chi connectivity index (χ1n) is 10.3. The summed E-state index contributed by atoms with van der Waals surface area (Å²) in [4.78, 5) is 22.3. The average Bonchev–Trinajstić information content (AvgIpc) is 3.18. The molecule has 1 atom stereocenters. The van der Waals surface area contributed by atoms with Crippen LogP contribution in [0, 0.1) is 5.82 Å². The third-order valence-corrected chi connectivity index (χ3v) is 6.57. The summed E-state index contributed by atoms with van der Waals surface area (Å²) in [6.07, 6.45) is 3.84. The number of fused-ring (bicyclic) bond motifs is 1. The van der Waals surface area contributed by atoms with Crippen molar-refractivity contribution in [2.75, 3.05) is 12.4 Å². The molecule has 0 fully saturated rings. The molecule has 9 heteroatoms. The number of hydrogen-bond acceptors (Lipinski definition) is 5. The van der Waals surface area contributed by atoms with E-state index in [1.807, 2.05) is 23.6 Å². The first-order chi connectivity index (χ1) is 16.0. The van der Waals surface area contributed by atoms with Crippen molar-refractivity contribution in [3.8, 4) is 5.75 Å². The molecule has 0 spiro atoms. The number of amides is 1. The summed E-state index contributed by atoms with van der Waals surface area (Å²) in [5.74, 6) is 0.255. The van der Waals surface area contributed by atoms with E-state index in [4.69, 9.17) is 21.3 Å². The maximum Gasteiger partial charge on any atom is 0.247 e. The molecule has 1 N–H and O–H groups in total. The second kappa shape index (κ2) is 10.2. The van der Waals surface area contributed by atoms with Crippen LogP contribution < -0.4 is 10.1 Å². The van der Waals surface area contributed by atoms with Crippen molar-refractivity contribution in [2.24, 2.45) is 0 Å². The summed E-state index contributed by atoms with van der Waals surface area (Å²) in [5.41, 5.74) is 2.41. The van der Waals surface area contributed by atoms with Gasteiger partial charge >= 0.3 is 0 Å². The Kier molecular flexibility index (Phi) is 7.15. The standard InChI is InChI=1S/C24H22ClFN4O2S/c1-3-20(23(31)28-19-9-4-5-10-22(19)32-2)30-21-13-27-12-11-18(21)29-24(30)33-14-15-16(25)7-6-8-17(15)26/h4-13,20H,3,14H2,1-2H3,(H,28,31). The minimum atomic E-state index is -0.567. The zero-order valence-electron chi connectivity index (χ0n) is 18.1. The van der Waals surface area contributed by atoms with Gasteiger partial charge in [0, 0.05) is 22.5 Å². The lowest BCUT2D eigenvalue weighted by Gasteiger charge is -2.20. The molecule has 0 radical (unpaired) electrons. The molecule has 0 bridgehead atoms. The number of anilines is 1. The number of benzene rings is 2. The Morgan fingerprint density at radius 3 is 2.82 bits per heavy atom. The molecule has 2 aromatic carbocycles. The van der Waals surface area contributed by atoms with Gasteiger partial charge in [0.15, 0.2) is 5.16 Å². The third-order valence-electron chi connectivity index (χ3n) is 5.23. The van der Waals surface area contributed by atoms with Crippen LogP contribution in [0.1, 0.15) is 24.9 Å². The van der Waals surface area contributed by atoms with E-state index >= 15 is 0 Å². The normalized spacial score (nSPS) is 12.0. The second-order valence-corrected chi connectivity index (χ2v) is 8.58. The Morgan fingerprint density at radius 1 is 1.24 bits per heavy atom. The van der Waals surface area contributed by atoms with Crippen LogP contribution in [0.15, 0.2) is 66.1 Å². The van der Waals surface area contributed by atoms with Gasteiger partial charge in [-0.2, -0.15) is 0 Å². The van der Waals surface area contributed by atoms with Crippen LogP contribution in [0.2, 0.25) is 5.02 Å². The highest BCUT2D eigenvalue weighted by atomic mass is 35.5. The van der Waals surface area contributed by atoms with Gasteiger partial charge < -0.3 is 14.6 Å². The number of imidazole rings is 1. The summed E-state index contributed by atoms with van der Waals surface area (Å²) in [5, 5.41) is 3.90. The van der Waals surface area contributed by atoms with Crippen LogP contribution in [0.4, 0.5) is 10.1 Å². The van der Waals surface area contributed by atoms with Crippen molar-refractivity contribution in [3.63, 3.8) is 0 Å². The van der Waals surface area contributed by atoms with E-state index < -0.39 is 6.04 Å². The summed E-state index contributed by atoms with van der Waals surface area (Å²) in [6.45, 7) is 1.93. The molecule has 0 aliphatic heterocycles. The van der Waals surface area contributed by atoms with Gasteiger partial charge in [-0.05, 0) is 36.8 Å². The quantitative estimate of drug-likeness (QED) is 0.305. The lowest BCUT2D eigenvalue weighted by atomic mass is 10.2. The van der Waals surface area contributed by atoms with Crippen LogP contribution in [-0.2, 0) is 10.5 Å². The average molecular weight is 485 g/mol. The van der Waals surface area contributed by atoms with Crippen LogP contribution in [0.5, 0.6) is 5.75 Å². The molecule has 0 aliphatic rings. The number of carbonyl (C=O) groups excluding carboxylic acids is 1. The molecule has 2 heterocycles. The van der Waals surface area contributed by atoms with E-state index in [1.165, 1.54) is 17.8 Å². The fraction of sp³-hybridized carbons (Fsp3) is 0.208. The number of hydrogen-bond donors (Lipinski definition) is 1. The molecule has 2 aromatic heterocycles. The van der Waals surface area contributed by atoms with E-state index in [2.05, 4.69) is 10.3 Å². The molecule has 1 amide bonds. The van der Waals surface area contributed by atoms with E-state index in [9.17, 15) is 9.18 Å². The minimum absolute atomic E-state index is 0.212. The Labute approximate surface area is 200 Å². The lowest BCUT2D eigenvalue weighted by molar-refractivity contribution is -0.119. The molecule has 4 rings (SSSR count). The number of nitrogens with zero attached hydrogens (tertiary/aromatic N) is 3. The number of ether oxygens (including phenoxy) is 1. The number of rotatable bonds is 8. The highest BCUT2D eigenvalue weighted by molar-refractivity contribution is 7.98. The predicted octanol–water partition coefficient (Wildman–Crippen LogP) is 6.11. The maximum atomic E-state index is 14.3. The van der Waals surface area contributed by atoms with Crippen molar-refractivity contribution < 1.29 is 13.9 Å². The van der Waals surface area contributed by atoms with Gasteiger partial charge in [-0.15, -0.1) is 0 Å². The fourth-order valence-corrected chi connectivity index (χ4v) is 4.98. The SMILES string of the molecule is CCC(C(=O)Nc1ccccc1OC)n1c(SCc2c(F)cccc2Cl)nc2ccncc21. The predicted molar refractivity (Wildman–Crippen MR) is 129 cm³/mol. The number of carbonyl (C=O) groups is 1. The summed E-state index contributed by atoms with van der Waals surface area (Å²) >= 11 is 7.53. The van der Waals surface area contributed by atoms with E-state index in [-0.39, 0.29) is 17.5 Å². The van der Waals surface area contributed by atoms with E-state index in [0.717, 1.165) is 5.52 Å². The fourth-order valence-electron chi connectivity index (χ4n) is 3.58. The topological polar surface area (TPSA) is 69.0 Å². The Balaban J connectivity index is 1.69. The smallest absolute Gasteiger partial charge is 0.247 e. The van der Waals surface area contributed by atoms with Crippen LogP contribution in [-0.4, -0.2) is 27.6 Å². The lowest BCUT2D eigenvalue weighted by Crippen LogP contribution is -2.26. The van der Waals surface area contributed by atoms with Crippen LogP contribution in [0.25, 0.3) is 11.0 Å². The minimum Gasteiger partial charge on any atom is -0.495 e. The zero-order chi connectivity index (χ0) is 23.4. The van der Waals surface area contributed by atoms with Crippen molar-refractivity contribution in [2.45, 2.75) is 30.3 Å². The van der Waals surface area contributed by atoms with Gasteiger partial charge in [-0.1, -0.05) is 48.5 Å². The number of nitrogens with one attached hydrogen (secondary N) is 1. The van der Waals surface area contributed by atoms with Crippen molar-refractivity contribution >= 4 is 46.0 Å². The zero-order valence-corrected chi connectivity index (χ0v) is 19.7. The van der Waals surface area contributed by atoms with E-state index in [0.29, 0.717) is 39.1 Å². The van der Waals surface area contributed by atoms with Crippen LogP contribution >= 0.6 is 23.4 Å². The number of methoxy groups -OCH3 is 1. The molecule has 170 valence electrons. The first kappa shape index (κ1) is 23.1. The molecular formula is C24H22ClFN4O2S. The van der Waals surface area contributed by atoms with Gasteiger partial charge in [0.25, 0.3) is 0 Å². The summed E-state index contributed by atoms with van der Waals surface area (Å²) in [7, 11) is 1.56. The summed E-state index contributed by atoms with van der Waals surface area (Å²) in [6, 6.07) is 13.1. The molecular weight excluding hydrogens is 463 g/mol. The Bertz CT molecular complexity index is 1280. The molecule has 0 saturated carbocycles. The van der Waals surface area contributed by atoms with Gasteiger partial charge in [-0.25, -0.2) is 9.37 Å². The molecule has 0 aliphatic carbocycles. The monoisotopic (exact) mass is 484 g/mol. The van der Waals surface area contributed by atoms with Gasteiger partial charge in [0.1, 0.15) is 17.6 Å². The van der Waals surface area contributed by atoms with Crippen molar-refractivity contribution in [3.05, 3.63) is 77.3 Å². The largest absolute Gasteiger partial charge is 0.495 e.